The van der Waals surface area contributed by atoms with Gasteiger partial charge in [-0.2, -0.15) is 0 Å². The third kappa shape index (κ3) is 5.23. The minimum absolute atomic E-state index is 0.0487. The molecule has 0 saturated carbocycles. The van der Waals surface area contributed by atoms with Gasteiger partial charge >= 0.3 is 0 Å². The van der Waals surface area contributed by atoms with Gasteiger partial charge in [0.1, 0.15) is 0 Å². The zero-order chi connectivity index (χ0) is 24.2. The van der Waals surface area contributed by atoms with Gasteiger partial charge < -0.3 is 14.9 Å². The molecule has 2 saturated heterocycles. The largest absolute Gasteiger partial charge is 0.395 e. The first-order valence-corrected chi connectivity index (χ1v) is 12.5. The topological polar surface area (TPSA) is 77.7 Å². The van der Waals surface area contributed by atoms with Crippen LogP contribution < -0.4 is 15.4 Å². The number of benzene rings is 1. The van der Waals surface area contributed by atoms with E-state index in [1.807, 2.05) is 12.1 Å². The fraction of sp³-hybridized carbons (Fsp3) is 0.444. The molecule has 0 radical (unpaired) electrons. The molecule has 1 N–H and O–H groups in total. The summed E-state index contributed by atoms with van der Waals surface area (Å²) in [7, 11) is 1.81. The Morgan fingerprint density at radius 2 is 1.71 bits per heavy atom. The molecule has 1 atom stereocenters. The Balaban J connectivity index is 1.30. The Morgan fingerprint density at radius 1 is 0.971 bits per heavy atom. The lowest BCUT2D eigenvalue weighted by atomic mass is 9.90. The molecule has 2 fully saturated rings. The van der Waals surface area contributed by atoms with Gasteiger partial charge in [-0.25, -0.2) is 4.98 Å². The maximum Gasteiger partial charge on any atom is 0.255 e. The van der Waals surface area contributed by atoms with Gasteiger partial charge in [0.2, 0.25) is 5.95 Å². The number of hydrogen-bond donors (Lipinski definition) is 1. The number of aromatic nitrogens is 3. The molecule has 8 nitrogen and oxygen atoms in total. The van der Waals surface area contributed by atoms with Crippen molar-refractivity contribution >= 4 is 11.6 Å². The van der Waals surface area contributed by atoms with E-state index in [4.69, 9.17) is 10.1 Å². The average molecular weight is 475 g/mol. The Morgan fingerprint density at radius 3 is 2.43 bits per heavy atom. The smallest absolute Gasteiger partial charge is 0.255 e. The average Bonchev–Trinajstić information content (AvgIpc) is 2.91. The zero-order valence-corrected chi connectivity index (χ0v) is 20.4. The Bertz CT molecular complexity index is 1170. The van der Waals surface area contributed by atoms with Crippen molar-refractivity contribution in [3.8, 4) is 11.3 Å². The number of hydrogen-bond acceptors (Lipinski definition) is 7. The Kier molecular flexibility index (Phi) is 7.11. The van der Waals surface area contributed by atoms with Crippen LogP contribution in [0.5, 0.6) is 0 Å². The number of β-amino-alcohol motifs (C(OH)–C–C–N with tert-alkyl or cyclic N) is 1. The monoisotopic (exact) mass is 474 g/mol. The number of piperidine rings is 1. The molecule has 184 valence electrons. The number of rotatable bonds is 6. The van der Waals surface area contributed by atoms with Crippen LogP contribution in [0.1, 0.15) is 24.3 Å². The van der Waals surface area contributed by atoms with Crippen molar-refractivity contribution in [2.45, 2.75) is 18.8 Å². The summed E-state index contributed by atoms with van der Waals surface area (Å²) in [4.78, 5) is 28.7. The molecule has 2 aliphatic rings. The third-order valence-corrected chi connectivity index (χ3v) is 7.31. The normalized spacial score (nSPS) is 19.2. The molecule has 0 spiro atoms. The van der Waals surface area contributed by atoms with Gasteiger partial charge in [-0.15, -0.1) is 0 Å². The summed E-state index contributed by atoms with van der Waals surface area (Å²) in [6, 6.07) is 14.4. The summed E-state index contributed by atoms with van der Waals surface area (Å²) in [5, 5.41) is 9.16. The van der Waals surface area contributed by atoms with Gasteiger partial charge in [-0.05, 0) is 42.7 Å². The maximum atomic E-state index is 12.7. The van der Waals surface area contributed by atoms with E-state index in [-0.39, 0.29) is 12.2 Å². The highest BCUT2D eigenvalue weighted by atomic mass is 16.3. The molecule has 5 rings (SSSR count). The van der Waals surface area contributed by atoms with Crippen LogP contribution in [-0.4, -0.2) is 77.0 Å². The predicted octanol–water partition coefficient (Wildman–Crippen LogP) is 2.34. The van der Waals surface area contributed by atoms with Crippen molar-refractivity contribution in [1.82, 2.24) is 19.4 Å². The van der Waals surface area contributed by atoms with E-state index in [2.05, 4.69) is 43.9 Å². The predicted molar refractivity (Wildman–Crippen MR) is 139 cm³/mol. The molecule has 0 amide bonds. The molecule has 1 aromatic carbocycles. The van der Waals surface area contributed by atoms with Gasteiger partial charge in [0.25, 0.3) is 5.56 Å². The van der Waals surface area contributed by atoms with Crippen molar-refractivity contribution in [3.63, 3.8) is 0 Å². The number of piperazine rings is 1. The van der Waals surface area contributed by atoms with Crippen LogP contribution in [0.4, 0.5) is 11.6 Å². The number of aliphatic hydroxyl groups excluding tert-OH is 1. The van der Waals surface area contributed by atoms with E-state index >= 15 is 0 Å². The molecule has 0 bridgehead atoms. The standard InChI is InChI=1S/C27H34N6O2/c1-30-26(35)19-25(22-8-10-28-11-9-22)29-27(30)33-12-2-3-23(20-33)21-4-6-24(7-5-21)32-15-13-31(14-16-32)17-18-34/h4-11,19,23,34H,2-3,12-18,20H2,1H3. The van der Waals surface area contributed by atoms with E-state index in [0.717, 1.165) is 70.2 Å². The van der Waals surface area contributed by atoms with Crippen LogP contribution in [0.15, 0.2) is 59.7 Å². The summed E-state index contributed by atoms with van der Waals surface area (Å²) < 4.78 is 1.66. The molecular formula is C27H34N6O2. The highest BCUT2D eigenvalue weighted by Gasteiger charge is 2.25. The molecule has 4 heterocycles. The fourth-order valence-electron chi connectivity index (χ4n) is 5.24. The molecule has 35 heavy (non-hydrogen) atoms. The summed E-state index contributed by atoms with van der Waals surface area (Å²) in [6.07, 6.45) is 5.65. The lowest BCUT2D eigenvalue weighted by Crippen LogP contribution is -2.47. The van der Waals surface area contributed by atoms with Crippen LogP contribution in [0.2, 0.25) is 0 Å². The molecule has 0 aliphatic carbocycles. The van der Waals surface area contributed by atoms with Crippen molar-refractivity contribution < 1.29 is 5.11 Å². The van der Waals surface area contributed by atoms with E-state index in [1.54, 1.807) is 30.1 Å². The first-order chi connectivity index (χ1) is 17.1. The first kappa shape index (κ1) is 23.5. The van der Waals surface area contributed by atoms with E-state index in [0.29, 0.717) is 11.6 Å². The lowest BCUT2D eigenvalue weighted by Gasteiger charge is -2.36. The Hall–Kier alpha value is -3.23. The minimum atomic E-state index is -0.0487. The van der Waals surface area contributed by atoms with Gasteiger partial charge in [0.15, 0.2) is 0 Å². The van der Waals surface area contributed by atoms with Gasteiger partial charge in [-0.3, -0.25) is 19.2 Å². The number of aliphatic hydroxyl groups is 1. The van der Waals surface area contributed by atoms with Gasteiger partial charge in [-0.1, -0.05) is 12.1 Å². The van der Waals surface area contributed by atoms with Crippen molar-refractivity contribution in [2.75, 3.05) is 62.2 Å². The quantitative estimate of drug-likeness (QED) is 0.588. The second-order valence-electron chi connectivity index (χ2n) is 9.50. The number of pyridine rings is 1. The highest BCUT2D eigenvalue weighted by molar-refractivity contribution is 5.59. The van der Waals surface area contributed by atoms with Gasteiger partial charge in [0, 0.05) is 88.5 Å². The van der Waals surface area contributed by atoms with Crippen LogP contribution in [0.3, 0.4) is 0 Å². The molecule has 3 aromatic rings. The fourth-order valence-corrected chi connectivity index (χ4v) is 5.24. The SMILES string of the molecule is Cn1c(N2CCCC(c3ccc(N4CCN(CCO)CC4)cc3)C2)nc(-c2ccncc2)cc1=O. The maximum absolute atomic E-state index is 12.7. The van der Waals surface area contributed by atoms with Crippen molar-refractivity contribution in [1.29, 1.82) is 0 Å². The summed E-state index contributed by atoms with van der Waals surface area (Å²) in [6.45, 7) is 6.69. The second-order valence-corrected chi connectivity index (χ2v) is 9.50. The van der Waals surface area contributed by atoms with Crippen LogP contribution in [-0.2, 0) is 7.05 Å². The van der Waals surface area contributed by atoms with Crippen LogP contribution in [0, 0.1) is 0 Å². The third-order valence-electron chi connectivity index (χ3n) is 7.31. The molecular weight excluding hydrogens is 440 g/mol. The highest BCUT2D eigenvalue weighted by Crippen LogP contribution is 2.31. The van der Waals surface area contributed by atoms with E-state index < -0.39 is 0 Å². The molecule has 2 aromatic heterocycles. The first-order valence-electron chi connectivity index (χ1n) is 12.5. The molecule has 8 heteroatoms. The Labute approximate surface area is 206 Å². The summed E-state index contributed by atoms with van der Waals surface area (Å²) in [5.41, 5.74) is 4.15. The summed E-state index contributed by atoms with van der Waals surface area (Å²) >= 11 is 0. The van der Waals surface area contributed by atoms with E-state index in [1.165, 1.54) is 11.3 Å². The van der Waals surface area contributed by atoms with Crippen molar-refractivity contribution in [3.05, 3.63) is 70.8 Å². The van der Waals surface area contributed by atoms with Crippen LogP contribution in [0.25, 0.3) is 11.3 Å². The molecule has 1 unspecified atom stereocenters. The van der Waals surface area contributed by atoms with Crippen molar-refractivity contribution in [2.24, 2.45) is 7.05 Å². The minimum Gasteiger partial charge on any atom is -0.395 e. The van der Waals surface area contributed by atoms with E-state index in [9.17, 15) is 4.79 Å². The van der Waals surface area contributed by atoms with Gasteiger partial charge in [0.05, 0.1) is 12.3 Å². The van der Waals surface area contributed by atoms with Crippen LogP contribution >= 0.6 is 0 Å². The number of anilines is 2. The second kappa shape index (κ2) is 10.6. The zero-order valence-electron chi connectivity index (χ0n) is 20.4. The number of nitrogens with zero attached hydrogens (tertiary/aromatic N) is 6. The molecule has 2 aliphatic heterocycles. The lowest BCUT2D eigenvalue weighted by molar-refractivity contribution is 0.189. The summed E-state index contributed by atoms with van der Waals surface area (Å²) in [5.74, 6) is 1.13.